The fraction of sp³-hybridized carbons (Fsp3) is 0.545. The highest BCUT2D eigenvalue weighted by atomic mass is 16.5. The molecule has 0 amide bonds. The van der Waals surface area contributed by atoms with E-state index in [2.05, 4.69) is 0 Å². The van der Waals surface area contributed by atoms with Gasteiger partial charge in [0.2, 0.25) is 5.78 Å². The zero-order chi connectivity index (χ0) is 12.4. The Morgan fingerprint density at radius 3 is 2.82 bits per heavy atom. The Hall–Kier alpha value is -1.21. The van der Waals surface area contributed by atoms with Gasteiger partial charge in [0.15, 0.2) is 5.76 Å². The minimum absolute atomic E-state index is 0.0167. The molecular formula is C11H14O6. The summed E-state index contributed by atoms with van der Waals surface area (Å²) >= 11 is 0. The maximum Gasteiger partial charge on any atom is 0.226 e. The van der Waals surface area contributed by atoms with Crippen LogP contribution in [0.4, 0.5) is 0 Å². The lowest BCUT2D eigenvalue weighted by atomic mass is 9.95. The second kappa shape index (κ2) is 4.97. The fourth-order valence-corrected chi connectivity index (χ4v) is 1.85. The van der Waals surface area contributed by atoms with Crippen LogP contribution in [0.25, 0.3) is 0 Å². The Balaban J connectivity index is 2.10. The highest BCUT2D eigenvalue weighted by Crippen LogP contribution is 2.23. The molecule has 6 heteroatoms. The third-order valence-corrected chi connectivity index (χ3v) is 2.81. The zero-order valence-electron chi connectivity index (χ0n) is 9.02. The Morgan fingerprint density at radius 2 is 2.24 bits per heavy atom. The molecule has 2 rings (SSSR count). The van der Waals surface area contributed by atoms with Crippen molar-refractivity contribution in [1.82, 2.24) is 0 Å². The second-order valence-corrected chi connectivity index (χ2v) is 3.98. The van der Waals surface area contributed by atoms with Gasteiger partial charge < -0.3 is 24.5 Å². The number of ether oxygens (including phenoxy) is 1. The lowest BCUT2D eigenvalue weighted by Crippen LogP contribution is -2.51. The molecule has 1 aliphatic rings. The summed E-state index contributed by atoms with van der Waals surface area (Å²) < 4.78 is 10.2. The molecule has 6 nitrogen and oxygen atoms in total. The van der Waals surface area contributed by atoms with Crippen LogP contribution < -0.4 is 0 Å². The maximum absolute atomic E-state index is 11.9. The first kappa shape index (κ1) is 12.3. The molecule has 0 radical (unpaired) electrons. The average Bonchev–Trinajstić information content (AvgIpc) is 2.85. The summed E-state index contributed by atoms with van der Waals surface area (Å²) in [6.45, 7) is -0.458. The molecule has 0 spiro atoms. The molecule has 1 aromatic heterocycles. The van der Waals surface area contributed by atoms with Crippen molar-refractivity contribution >= 4 is 5.78 Å². The largest absolute Gasteiger partial charge is 0.461 e. The van der Waals surface area contributed by atoms with Gasteiger partial charge in [-0.2, -0.15) is 0 Å². The highest BCUT2D eigenvalue weighted by Gasteiger charge is 2.40. The molecule has 1 fully saturated rings. The molecule has 2 heterocycles. The van der Waals surface area contributed by atoms with E-state index in [4.69, 9.17) is 14.3 Å². The molecule has 94 valence electrons. The van der Waals surface area contributed by atoms with Crippen molar-refractivity contribution in [3.8, 4) is 0 Å². The minimum atomic E-state index is -1.18. The van der Waals surface area contributed by atoms with Gasteiger partial charge >= 0.3 is 0 Å². The average molecular weight is 242 g/mol. The van der Waals surface area contributed by atoms with E-state index in [1.807, 2.05) is 0 Å². The predicted octanol–water partition coefficient (Wildman–Crippen LogP) is -0.666. The van der Waals surface area contributed by atoms with Gasteiger partial charge in [-0.3, -0.25) is 4.79 Å². The first-order valence-corrected chi connectivity index (χ1v) is 5.33. The van der Waals surface area contributed by atoms with E-state index in [0.717, 1.165) is 0 Å². The number of hydrogen-bond donors (Lipinski definition) is 3. The monoisotopic (exact) mass is 242 g/mol. The lowest BCUT2D eigenvalue weighted by Gasteiger charge is -2.35. The summed E-state index contributed by atoms with van der Waals surface area (Å²) in [7, 11) is 0. The number of Topliss-reactive ketones (excluding diaryl/α,β-unsaturated/α-hetero) is 1. The van der Waals surface area contributed by atoms with Crippen LogP contribution >= 0.6 is 0 Å². The summed E-state index contributed by atoms with van der Waals surface area (Å²) in [5.74, 6) is -0.269. The Morgan fingerprint density at radius 1 is 1.47 bits per heavy atom. The standard InChI is InChI=1S/C11H14O6/c12-5-9-10(14)6(13)4-8(17-9)11(15)7-2-1-3-16-7/h1-3,6,8-10,12-14H,4-5H2/t6-,8-,9?,10+/m1/s1. The van der Waals surface area contributed by atoms with E-state index in [9.17, 15) is 15.0 Å². The fourth-order valence-electron chi connectivity index (χ4n) is 1.85. The van der Waals surface area contributed by atoms with Crippen LogP contribution in [-0.2, 0) is 4.74 Å². The van der Waals surface area contributed by atoms with Gasteiger partial charge in [0.05, 0.1) is 19.0 Å². The van der Waals surface area contributed by atoms with Crippen LogP contribution in [0, 0.1) is 0 Å². The first-order chi connectivity index (χ1) is 8.13. The maximum atomic E-state index is 11.9. The molecule has 0 aliphatic carbocycles. The van der Waals surface area contributed by atoms with Crippen LogP contribution in [0.1, 0.15) is 17.0 Å². The smallest absolute Gasteiger partial charge is 0.226 e. The number of furan rings is 1. The molecule has 3 N–H and O–H groups in total. The number of aliphatic hydroxyl groups is 3. The number of carbonyl (C=O) groups is 1. The third-order valence-electron chi connectivity index (χ3n) is 2.81. The van der Waals surface area contributed by atoms with Gasteiger partial charge in [0.25, 0.3) is 0 Å². The van der Waals surface area contributed by atoms with Crippen LogP contribution in [-0.4, -0.2) is 52.1 Å². The van der Waals surface area contributed by atoms with Crippen molar-refractivity contribution in [2.24, 2.45) is 0 Å². The van der Waals surface area contributed by atoms with Gasteiger partial charge in [0.1, 0.15) is 18.3 Å². The summed E-state index contributed by atoms with van der Waals surface area (Å²) in [6.07, 6.45) is -2.79. The highest BCUT2D eigenvalue weighted by molar-refractivity contribution is 5.97. The van der Waals surface area contributed by atoms with Crippen molar-refractivity contribution in [3.63, 3.8) is 0 Å². The second-order valence-electron chi connectivity index (χ2n) is 3.98. The van der Waals surface area contributed by atoms with Crippen molar-refractivity contribution in [2.45, 2.75) is 30.8 Å². The lowest BCUT2D eigenvalue weighted by molar-refractivity contribution is -0.167. The third kappa shape index (κ3) is 2.39. The van der Waals surface area contributed by atoms with E-state index in [0.29, 0.717) is 0 Å². The van der Waals surface area contributed by atoms with Gasteiger partial charge in [-0.25, -0.2) is 0 Å². The molecular weight excluding hydrogens is 228 g/mol. The topological polar surface area (TPSA) is 100 Å². The molecule has 0 bridgehead atoms. The summed E-state index contributed by atoms with van der Waals surface area (Å²) in [5, 5.41) is 28.0. The summed E-state index contributed by atoms with van der Waals surface area (Å²) in [5.41, 5.74) is 0. The Labute approximate surface area is 97.4 Å². The number of hydrogen-bond acceptors (Lipinski definition) is 6. The molecule has 17 heavy (non-hydrogen) atoms. The van der Waals surface area contributed by atoms with Crippen molar-refractivity contribution in [2.75, 3.05) is 6.61 Å². The molecule has 1 saturated heterocycles. The summed E-state index contributed by atoms with van der Waals surface area (Å²) in [4.78, 5) is 11.9. The molecule has 4 atom stereocenters. The van der Waals surface area contributed by atoms with Crippen molar-refractivity contribution in [3.05, 3.63) is 24.2 Å². The Bertz CT molecular complexity index is 373. The van der Waals surface area contributed by atoms with Crippen molar-refractivity contribution < 1.29 is 29.3 Å². The zero-order valence-corrected chi connectivity index (χ0v) is 9.02. The number of carbonyl (C=O) groups excluding carboxylic acids is 1. The van der Waals surface area contributed by atoms with Crippen LogP contribution in [0.2, 0.25) is 0 Å². The molecule has 1 unspecified atom stereocenters. The molecule has 0 aromatic carbocycles. The number of rotatable bonds is 3. The van der Waals surface area contributed by atoms with Crippen LogP contribution in [0.15, 0.2) is 22.8 Å². The first-order valence-electron chi connectivity index (χ1n) is 5.33. The Kier molecular flexibility index (Phi) is 3.58. The van der Waals surface area contributed by atoms with Gasteiger partial charge in [-0.1, -0.05) is 0 Å². The van der Waals surface area contributed by atoms with E-state index in [1.165, 1.54) is 12.3 Å². The van der Waals surface area contributed by atoms with Crippen LogP contribution in [0.3, 0.4) is 0 Å². The molecule has 1 aromatic rings. The predicted molar refractivity (Wildman–Crippen MR) is 55.4 cm³/mol. The quantitative estimate of drug-likeness (QED) is 0.608. The van der Waals surface area contributed by atoms with Gasteiger partial charge in [-0.15, -0.1) is 0 Å². The number of ketones is 1. The molecule has 1 aliphatic heterocycles. The van der Waals surface area contributed by atoms with E-state index in [-0.39, 0.29) is 12.2 Å². The normalized spacial score (nSPS) is 33.6. The minimum Gasteiger partial charge on any atom is -0.461 e. The van der Waals surface area contributed by atoms with E-state index < -0.39 is 36.8 Å². The van der Waals surface area contributed by atoms with Gasteiger partial charge in [0, 0.05) is 6.42 Å². The van der Waals surface area contributed by atoms with Crippen LogP contribution in [0.5, 0.6) is 0 Å². The number of aliphatic hydroxyl groups excluding tert-OH is 3. The molecule has 0 saturated carbocycles. The van der Waals surface area contributed by atoms with Gasteiger partial charge in [-0.05, 0) is 12.1 Å². The summed E-state index contributed by atoms with van der Waals surface area (Å²) in [6, 6.07) is 3.07. The van der Waals surface area contributed by atoms with Crippen molar-refractivity contribution in [1.29, 1.82) is 0 Å². The van der Waals surface area contributed by atoms with E-state index in [1.54, 1.807) is 6.07 Å². The SMILES string of the molecule is O=C(c1ccco1)[C@H]1C[C@@H](O)[C@H](O)C(CO)O1. The van der Waals surface area contributed by atoms with E-state index >= 15 is 0 Å².